The first-order valence-electron chi connectivity index (χ1n) is 7.91. The molecule has 0 radical (unpaired) electrons. The predicted octanol–water partition coefficient (Wildman–Crippen LogP) is 2.45. The van der Waals surface area contributed by atoms with Crippen LogP contribution in [-0.4, -0.2) is 22.5 Å². The van der Waals surface area contributed by atoms with Gasteiger partial charge in [-0.05, 0) is 44.0 Å². The molecule has 1 aromatic carbocycles. The Labute approximate surface area is 139 Å². The maximum absolute atomic E-state index is 12.3. The van der Waals surface area contributed by atoms with Gasteiger partial charge in [0, 0.05) is 11.4 Å². The second kappa shape index (κ2) is 6.45. The molecule has 0 spiro atoms. The van der Waals surface area contributed by atoms with Gasteiger partial charge in [-0.25, -0.2) is 0 Å². The van der Waals surface area contributed by atoms with E-state index >= 15 is 0 Å². The van der Waals surface area contributed by atoms with Gasteiger partial charge in [0.1, 0.15) is 11.3 Å². The fourth-order valence-electron chi connectivity index (χ4n) is 2.84. The van der Waals surface area contributed by atoms with Crippen molar-refractivity contribution in [3.05, 3.63) is 41.8 Å². The molecule has 0 bridgehead atoms. The molecule has 2 aromatic rings. The molecular formula is C17H20N4O3. The van der Waals surface area contributed by atoms with Gasteiger partial charge in [0.25, 0.3) is 5.91 Å². The van der Waals surface area contributed by atoms with Gasteiger partial charge in [-0.15, -0.1) is 0 Å². The van der Waals surface area contributed by atoms with E-state index in [1.54, 1.807) is 31.2 Å². The molecule has 4 N–H and O–H groups in total. The van der Waals surface area contributed by atoms with Crippen molar-refractivity contribution < 1.29 is 14.1 Å². The molecule has 1 saturated carbocycles. The van der Waals surface area contributed by atoms with Crippen LogP contribution in [0.25, 0.3) is 0 Å². The summed E-state index contributed by atoms with van der Waals surface area (Å²) in [7, 11) is 0. The van der Waals surface area contributed by atoms with Crippen LogP contribution in [0.1, 0.15) is 41.8 Å². The summed E-state index contributed by atoms with van der Waals surface area (Å²) in [6.07, 6.45) is 4.77. The van der Waals surface area contributed by atoms with Crippen molar-refractivity contribution in [2.45, 2.75) is 38.1 Å². The van der Waals surface area contributed by atoms with E-state index in [9.17, 15) is 9.59 Å². The number of nitrogens with two attached hydrogens (primary N) is 1. The highest BCUT2D eigenvalue weighted by Gasteiger charge is 2.36. The minimum absolute atomic E-state index is 0.156. The van der Waals surface area contributed by atoms with E-state index in [1.165, 1.54) is 6.20 Å². The first-order valence-corrected chi connectivity index (χ1v) is 7.91. The first kappa shape index (κ1) is 16.2. The van der Waals surface area contributed by atoms with Crippen LogP contribution in [0.4, 0.5) is 11.4 Å². The van der Waals surface area contributed by atoms with Gasteiger partial charge >= 0.3 is 0 Å². The molecular weight excluding hydrogens is 308 g/mol. The van der Waals surface area contributed by atoms with E-state index in [0.29, 0.717) is 35.5 Å². The number of hydrogen-bond acceptors (Lipinski definition) is 5. The van der Waals surface area contributed by atoms with Gasteiger partial charge < -0.3 is 20.9 Å². The van der Waals surface area contributed by atoms with E-state index in [1.807, 2.05) is 0 Å². The number of aryl methyl sites for hydroxylation is 1. The molecule has 126 valence electrons. The standard InChI is InChI=1S/C17H20N4O3/c1-11-14(10-19-24-11)15(22)20-12-4-6-13(7-5-12)21-16(23)17(18)8-2-3-9-17/h4-7,10H,2-3,8-9,18H2,1H3,(H,20,22)(H,21,23). The topological polar surface area (TPSA) is 110 Å². The Bertz CT molecular complexity index is 745. The van der Waals surface area contributed by atoms with Crippen LogP contribution >= 0.6 is 0 Å². The summed E-state index contributed by atoms with van der Waals surface area (Å²) in [4.78, 5) is 24.3. The lowest BCUT2D eigenvalue weighted by molar-refractivity contribution is -0.121. The van der Waals surface area contributed by atoms with Crippen LogP contribution in [0.5, 0.6) is 0 Å². The summed E-state index contributed by atoms with van der Waals surface area (Å²) >= 11 is 0. The van der Waals surface area contributed by atoms with Crippen molar-refractivity contribution in [1.82, 2.24) is 5.16 Å². The highest BCUT2D eigenvalue weighted by atomic mass is 16.5. The van der Waals surface area contributed by atoms with Gasteiger partial charge in [-0.2, -0.15) is 0 Å². The third kappa shape index (κ3) is 3.30. The molecule has 1 aliphatic rings. The maximum atomic E-state index is 12.3. The zero-order valence-electron chi connectivity index (χ0n) is 13.5. The molecule has 7 nitrogen and oxygen atoms in total. The Kier molecular flexibility index (Phi) is 4.35. The number of aromatic nitrogens is 1. The first-order chi connectivity index (χ1) is 11.5. The molecule has 1 aromatic heterocycles. The molecule has 3 rings (SSSR count). The van der Waals surface area contributed by atoms with E-state index < -0.39 is 5.54 Å². The van der Waals surface area contributed by atoms with Crippen LogP contribution in [0.3, 0.4) is 0 Å². The van der Waals surface area contributed by atoms with Gasteiger partial charge in [0.05, 0.1) is 11.7 Å². The number of nitrogens with one attached hydrogen (secondary N) is 2. The number of benzene rings is 1. The van der Waals surface area contributed by atoms with Gasteiger partial charge in [0.15, 0.2) is 0 Å². The minimum atomic E-state index is -0.765. The molecule has 1 heterocycles. The fourth-order valence-corrected chi connectivity index (χ4v) is 2.84. The SMILES string of the molecule is Cc1oncc1C(=O)Nc1ccc(NC(=O)C2(N)CCCC2)cc1. The normalized spacial score (nSPS) is 15.9. The minimum Gasteiger partial charge on any atom is -0.361 e. The summed E-state index contributed by atoms with van der Waals surface area (Å²) in [5.41, 5.74) is 7.02. The lowest BCUT2D eigenvalue weighted by Gasteiger charge is -2.22. The van der Waals surface area contributed by atoms with E-state index in [-0.39, 0.29) is 11.8 Å². The van der Waals surface area contributed by atoms with Crippen LogP contribution in [0, 0.1) is 6.92 Å². The number of hydrogen-bond donors (Lipinski definition) is 3. The third-order valence-corrected chi connectivity index (χ3v) is 4.34. The molecule has 7 heteroatoms. The number of carbonyl (C=O) groups excluding carboxylic acids is 2. The number of carbonyl (C=O) groups is 2. The average molecular weight is 328 g/mol. The number of anilines is 2. The molecule has 0 saturated heterocycles. The lowest BCUT2D eigenvalue weighted by Crippen LogP contribution is -2.48. The van der Waals surface area contributed by atoms with Crippen molar-refractivity contribution in [1.29, 1.82) is 0 Å². The second-order valence-corrected chi connectivity index (χ2v) is 6.14. The van der Waals surface area contributed by atoms with Crippen molar-refractivity contribution in [2.75, 3.05) is 10.6 Å². The molecule has 0 unspecified atom stereocenters. The summed E-state index contributed by atoms with van der Waals surface area (Å²) in [5.74, 6) is 0.00970. The summed E-state index contributed by atoms with van der Waals surface area (Å²) < 4.78 is 4.87. The Morgan fingerprint density at radius 3 is 2.25 bits per heavy atom. The number of rotatable bonds is 4. The van der Waals surface area contributed by atoms with Gasteiger partial charge in [0.2, 0.25) is 5.91 Å². The van der Waals surface area contributed by atoms with E-state index in [2.05, 4.69) is 15.8 Å². The Morgan fingerprint density at radius 1 is 1.12 bits per heavy atom. The van der Waals surface area contributed by atoms with Gasteiger partial charge in [-0.1, -0.05) is 18.0 Å². The van der Waals surface area contributed by atoms with Crippen molar-refractivity contribution >= 4 is 23.2 Å². The molecule has 24 heavy (non-hydrogen) atoms. The van der Waals surface area contributed by atoms with E-state index in [0.717, 1.165) is 12.8 Å². The summed E-state index contributed by atoms with van der Waals surface area (Å²) in [6, 6.07) is 6.89. The zero-order chi connectivity index (χ0) is 17.2. The van der Waals surface area contributed by atoms with Gasteiger partial charge in [-0.3, -0.25) is 9.59 Å². The van der Waals surface area contributed by atoms with Crippen LogP contribution < -0.4 is 16.4 Å². The monoisotopic (exact) mass is 328 g/mol. The molecule has 0 atom stereocenters. The largest absolute Gasteiger partial charge is 0.361 e. The summed E-state index contributed by atoms with van der Waals surface area (Å²) in [5, 5.41) is 9.17. The Hall–Kier alpha value is -2.67. The number of amides is 2. The third-order valence-electron chi connectivity index (χ3n) is 4.34. The van der Waals surface area contributed by atoms with Crippen molar-refractivity contribution in [3.63, 3.8) is 0 Å². The second-order valence-electron chi connectivity index (χ2n) is 6.14. The molecule has 2 amide bonds. The molecule has 1 fully saturated rings. The quantitative estimate of drug-likeness (QED) is 0.798. The van der Waals surface area contributed by atoms with Crippen molar-refractivity contribution in [3.8, 4) is 0 Å². The van der Waals surface area contributed by atoms with Crippen LogP contribution in [0.2, 0.25) is 0 Å². The maximum Gasteiger partial charge on any atom is 0.260 e. The zero-order valence-corrected chi connectivity index (χ0v) is 13.5. The Morgan fingerprint density at radius 2 is 1.71 bits per heavy atom. The van der Waals surface area contributed by atoms with Crippen LogP contribution in [0.15, 0.2) is 35.0 Å². The van der Waals surface area contributed by atoms with E-state index in [4.69, 9.17) is 10.3 Å². The van der Waals surface area contributed by atoms with Crippen LogP contribution in [-0.2, 0) is 4.79 Å². The average Bonchev–Trinajstić information content (AvgIpc) is 3.18. The summed E-state index contributed by atoms with van der Waals surface area (Å²) in [6.45, 7) is 1.67. The fraction of sp³-hybridized carbons (Fsp3) is 0.353. The predicted molar refractivity (Wildman–Crippen MR) is 89.7 cm³/mol. The highest BCUT2D eigenvalue weighted by Crippen LogP contribution is 2.28. The van der Waals surface area contributed by atoms with Crippen molar-refractivity contribution in [2.24, 2.45) is 5.73 Å². The number of nitrogens with zero attached hydrogens (tertiary/aromatic N) is 1. The molecule has 1 aliphatic carbocycles. The molecule has 0 aliphatic heterocycles. The highest BCUT2D eigenvalue weighted by molar-refractivity contribution is 6.05. The smallest absolute Gasteiger partial charge is 0.260 e. The Balaban J connectivity index is 1.62. The lowest BCUT2D eigenvalue weighted by atomic mass is 9.98.